The minimum atomic E-state index is 0.639. The van der Waals surface area contributed by atoms with Crippen molar-refractivity contribution in [1.82, 2.24) is 9.97 Å². The summed E-state index contributed by atoms with van der Waals surface area (Å²) in [6.07, 6.45) is 1.86. The molecule has 0 aliphatic carbocycles. The van der Waals surface area contributed by atoms with E-state index in [9.17, 15) is 0 Å². The largest absolute Gasteiger partial charge is 0.435 e. The van der Waals surface area contributed by atoms with Crippen molar-refractivity contribution < 1.29 is 4.42 Å². The zero-order valence-corrected chi connectivity index (χ0v) is 8.32. The fourth-order valence-electron chi connectivity index (χ4n) is 1.62. The predicted octanol–water partition coefficient (Wildman–Crippen LogP) is 3.13. The molecular weight excluding hydrogens is 188 g/mol. The molecule has 0 fully saturated rings. The molecule has 0 radical (unpaired) electrons. The number of nitrogens with zero attached hydrogens (tertiary/aromatic N) is 1. The van der Waals surface area contributed by atoms with Crippen molar-refractivity contribution in [3.63, 3.8) is 0 Å². The number of nitrogens with one attached hydrogen (secondary N) is 1. The first kappa shape index (κ1) is 8.29. The van der Waals surface area contributed by atoms with Gasteiger partial charge in [0.25, 0.3) is 0 Å². The lowest BCUT2D eigenvalue weighted by Crippen LogP contribution is -1.75. The second kappa shape index (κ2) is 2.98. The molecule has 3 nitrogen and oxygen atoms in total. The normalized spacial score (nSPS) is 11.0. The van der Waals surface area contributed by atoms with Crippen LogP contribution in [0.15, 0.2) is 40.9 Å². The first-order valence-electron chi connectivity index (χ1n) is 4.84. The van der Waals surface area contributed by atoms with E-state index in [0.717, 1.165) is 16.8 Å². The van der Waals surface area contributed by atoms with Crippen molar-refractivity contribution in [2.24, 2.45) is 0 Å². The summed E-state index contributed by atoms with van der Waals surface area (Å²) in [7, 11) is 0. The molecule has 74 valence electrons. The van der Waals surface area contributed by atoms with Gasteiger partial charge in [0.2, 0.25) is 5.89 Å². The van der Waals surface area contributed by atoms with Gasteiger partial charge in [0.05, 0.1) is 0 Å². The lowest BCUT2D eigenvalue weighted by atomic mass is 10.2. The van der Waals surface area contributed by atoms with Gasteiger partial charge in [0, 0.05) is 6.20 Å². The molecule has 0 atom stereocenters. The number of hydrogen-bond acceptors (Lipinski definition) is 2. The Morgan fingerprint density at radius 3 is 3.00 bits per heavy atom. The molecule has 0 saturated carbocycles. The highest BCUT2D eigenvalue weighted by atomic mass is 16.3. The Kier molecular flexibility index (Phi) is 1.65. The Morgan fingerprint density at radius 1 is 1.27 bits per heavy atom. The Labute approximate surface area is 86.8 Å². The van der Waals surface area contributed by atoms with Crippen molar-refractivity contribution in [2.45, 2.75) is 6.92 Å². The number of rotatable bonds is 1. The van der Waals surface area contributed by atoms with Crippen LogP contribution in [0.5, 0.6) is 0 Å². The first-order chi connectivity index (χ1) is 7.33. The predicted molar refractivity (Wildman–Crippen MR) is 58.5 cm³/mol. The molecule has 0 unspecified atom stereocenters. The Morgan fingerprint density at radius 2 is 2.20 bits per heavy atom. The highest BCUT2D eigenvalue weighted by Gasteiger charge is 2.07. The third-order valence-electron chi connectivity index (χ3n) is 2.37. The van der Waals surface area contributed by atoms with Crippen LogP contribution in [0, 0.1) is 6.92 Å². The quantitative estimate of drug-likeness (QED) is 0.652. The summed E-state index contributed by atoms with van der Waals surface area (Å²) in [6, 6.07) is 9.86. The second-order valence-corrected chi connectivity index (χ2v) is 3.57. The summed E-state index contributed by atoms with van der Waals surface area (Å²) in [4.78, 5) is 7.49. The van der Waals surface area contributed by atoms with Crippen LogP contribution in [0.3, 0.4) is 0 Å². The molecule has 0 aliphatic rings. The third-order valence-corrected chi connectivity index (χ3v) is 2.37. The van der Waals surface area contributed by atoms with Gasteiger partial charge in [-0.25, -0.2) is 4.98 Å². The molecule has 15 heavy (non-hydrogen) atoms. The maximum atomic E-state index is 5.63. The van der Waals surface area contributed by atoms with Gasteiger partial charge < -0.3 is 9.40 Å². The first-order valence-corrected chi connectivity index (χ1v) is 4.84. The highest BCUT2D eigenvalue weighted by Crippen LogP contribution is 2.23. The summed E-state index contributed by atoms with van der Waals surface area (Å²) in [5, 5.41) is 0. The summed E-state index contributed by atoms with van der Waals surface area (Å²) in [6.45, 7) is 2.04. The van der Waals surface area contributed by atoms with Crippen molar-refractivity contribution in [1.29, 1.82) is 0 Å². The molecule has 2 heterocycles. The van der Waals surface area contributed by atoms with E-state index in [4.69, 9.17) is 4.42 Å². The zero-order chi connectivity index (χ0) is 10.3. The summed E-state index contributed by atoms with van der Waals surface area (Å²) >= 11 is 0. The van der Waals surface area contributed by atoms with Crippen LogP contribution >= 0.6 is 0 Å². The number of aromatic amines is 1. The smallest absolute Gasteiger partial charge is 0.244 e. The van der Waals surface area contributed by atoms with Gasteiger partial charge in [-0.15, -0.1) is 0 Å². The molecule has 0 bridgehead atoms. The molecule has 3 aromatic rings. The lowest BCUT2D eigenvalue weighted by molar-refractivity contribution is 0.617. The summed E-state index contributed by atoms with van der Waals surface area (Å²) in [5.74, 6) is 0.639. The highest BCUT2D eigenvalue weighted by molar-refractivity contribution is 5.76. The molecule has 0 saturated heterocycles. The summed E-state index contributed by atoms with van der Waals surface area (Å²) in [5.41, 5.74) is 3.82. The fraction of sp³-hybridized carbons (Fsp3) is 0.0833. The molecule has 1 aromatic carbocycles. The van der Waals surface area contributed by atoms with Crippen LogP contribution < -0.4 is 0 Å². The van der Waals surface area contributed by atoms with Gasteiger partial charge in [-0.05, 0) is 36.8 Å². The minimum absolute atomic E-state index is 0.639. The molecule has 3 rings (SSSR count). The number of benzene rings is 1. The molecular formula is C12H10N2O. The summed E-state index contributed by atoms with van der Waals surface area (Å²) < 4.78 is 5.63. The SMILES string of the molecule is Cc1ccc2oc(-c3ccc[nH]3)nc2c1. The van der Waals surface area contributed by atoms with Crippen molar-refractivity contribution in [2.75, 3.05) is 0 Å². The minimum Gasteiger partial charge on any atom is -0.435 e. The third kappa shape index (κ3) is 1.32. The van der Waals surface area contributed by atoms with E-state index >= 15 is 0 Å². The van der Waals surface area contributed by atoms with Crippen LogP contribution in [0.2, 0.25) is 0 Å². The van der Waals surface area contributed by atoms with Gasteiger partial charge in [0.15, 0.2) is 5.58 Å². The van der Waals surface area contributed by atoms with E-state index in [1.807, 2.05) is 43.5 Å². The van der Waals surface area contributed by atoms with Gasteiger partial charge in [-0.1, -0.05) is 6.07 Å². The molecule has 0 aliphatic heterocycles. The Balaban J connectivity index is 2.22. The van der Waals surface area contributed by atoms with E-state index in [0.29, 0.717) is 5.89 Å². The van der Waals surface area contributed by atoms with Gasteiger partial charge in [-0.2, -0.15) is 0 Å². The lowest BCUT2D eigenvalue weighted by Gasteiger charge is -1.87. The van der Waals surface area contributed by atoms with Gasteiger partial charge >= 0.3 is 0 Å². The Hall–Kier alpha value is -2.03. The van der Waals surface area contributed by atoms with E-state index in [1.165, 1.54) is 5.56 Å². The number of H-pyrrole nitrogens is 1. The molecule has 0 amide bonds. The van der Waals surface area contributed by atoms with Crippen LogP contribution in [-0.4, -0.2) is 9.97 Å². The average Bonchev–Trinajstić information content (AvgIpc) is 2.84. The molecule has 2 aromatic heterocycles. The fourth-order valence-corrected chi connectivity index (χ4v) is 1.62. The maximum Gasteiger partial charge on any atom is 0.244 e. The Bertz CT molecular complexity index is 593. The van der Waals surface area contributed by atoms with Gasteiger partial charge in [-0.3, -0.25) is 0 Å². The van der Waals surface area contributed by atoms with Gasteiger partial charge in [0.1, 0.15) is 11.2 Å². The monoisotopic (exact) mass is 198 g/mol. The molecule has 0 spiro atoms. The molecule has 3 heteroatoms. The standard InChI is InChI=1S/C12H10N2O/c1-8-4-5-11-10(7-8)14-12(15-11)9-3-2-6-13-9/h2-7,13H,1H3. The van der Waals surface area contributed by atoms with Crippen LogP contribution in [-0.2, 0) is 0 Å². The van der Waals surface area contributed by atoms with E-state index in [1.54, 1.807) is 0 Å². The van der Waals surface area contributed by atoms with Crippen molar-refractivity contribution in [3.8, 4) is 11.6 Å². The second-order valence-electron chi connectivity index (χ2n) is 3.57. The zero-order valence-electron chi connectivity index (χ0n) is 8.32. The van der Waals surface area contributed by atoms with Crippen molar-refractivity contribution in [3.05, 3.63) is 42.1 Å². The number of aromatic nitrogens is 2. The number of hydrogen-bond donors (Lipinski definition) is 1. The van der Waals surface area contributed by atoms with E-state index < -0.39 is 0 Å². The van der Waals surface area contributed by atoms with Crippen LogP contribution in [0.4, 0.5) is 0 Å². The molecule has 1 N–H and O–H groups in total. The number of aryl methyl sites for hydroxylation is 1. The van der Waals surface area contributed by atoms with Crippen LogP contribution in [0.25, 0.3) is 22.7 Å². The number of oxazole rings is 1. The topological polar surface area (TPSA) is 41.8 Å². The maximum absolute atomic E-state index is 5.63. The van der Waals surface area contributed by atoms with E-state index in [2.05, 4.69) is 9.97 Å². The average molecular weight is 198 g/mol. The number of fused-ring (bicyclic) bond motifs is 1. The van der Waals surface area contributed by atoms with Crippen LogP contribution in [0.1, 0.15) is 5.56 Å². The van der Waals surface area contributed by atoms with Crippen molar-refractivity contribution >= 4 is 11.1 Å². The van der Waals surface area contributed by atoms with E-state index in [-0.39, 0.29) is 0 Å².